The first-order chi connectivity index (χ1) is 5.08. The summed E-state index contributed by atoms with van der Waals surface area (Å²) in [6.07, 6.45) is 5.15. The summed E-state index contributed by atoms with van der Waals surface area (Å²) < 4.78 is 7.31. The van der Waals surface area contributed by atoms with Gasteiger partial charge in [-0.05, 0) is 43.2 Å². The van der Waals surface area contributed by atoms with Gasteiger partial charge in [-0.25, -0.2) is 4.67 Å². The van der Waals surface area contributed by atoms with Crippen molar-refractivity contribution in [2.24, 2.45) is 0 Å². The zero-order valence-corrected chi connectivity index (χ0v) is 8.80. The van der Waals surface area contributed by atoms with Crippen LogP contribution in [0.3, 0.4) is 0 Å². The Bertz CT molecular complexity index is 279. The topological polar surface area (TPSA) is 12.5 Å². The van der Waals surface area contributed by atoms with Crippen LogP contribution >= 0.6 is 17.0 Å². The maximum Gasteiger partial charge on any atom is 0.241 e. The SMILES string of the molecule is C#CC1=CSP(=S)(N(C)C)O1. The van der Waals surface area contributed by atoms with Gasteiger partial charge in [0.05, 0.1) is 0 Å². The van der Waals surface area contributed by atoms with Crippen molar-refractivity contribution in [3.8, 4) is 12.3 Å². The molecule has 0 aliphatic carbocycles. The van der Waals surface area contributed by atoms with Gasteiger partial charge < -0.3 is 4.52 Å². The van der Waals surface area contributed by atoms with E-state index >= 15 is 0 Å². The molecule has 0 saturated carbocycles. The molecule has 11 heavy (non-hydrogen) atoms. The first-order valence-electron chi connectivity index (χ1n) is 2.91. The van der Waals surface area contributed by atoms with E-state index in [4.69, 9.17) is 22.8 Å². The third-order valence-electron chi connectivity index (χ3n) is 1.14. The highest BCUT2D eigenvalue weighted by atomic mass is 32.9. The van der Waals surface area contributed by atoms with E-state index in [1.165, 1.54) is 11.4 Å². The molecule has 0 aromatic rings. The minimum atomic E-state index is -1.87. The van der Waals surface area contributed by atoms with Gasteiger partial charge in [0.2, 0.25) is 5.62 Å². The van der Waals surface area contributed by atoms with E-state index in [1.807, 2.05) is 18.8 Å². The van der Waals surface area contributed by atoms with Gasteiger partial charge in [0.1, 0.15) is 0 Å². The standard InChI is InChI=1S/C6H8NOPS2/c1-4-6-5-11-9(10,8-6)7(2)3/h1,5H,2-3H3. The van der Waals surface area contributed by atoms with Crippen molar-refractivity contribution in [1.82, 2.24) is 4.67 Å². The second-order valence-corrected chi connectivity index (χ2v) is 8.80. The van der Waals surface area contributed by atoms with Crippen LogP contribution in [0.4, 0.5) is 0 Å². The summed E-state index contributed by atoms with van der Waals surface area (Å²) in [6, 6.07) is 0. The van der Waals surface area contributed by atoms with E-state index in [2.05, 4.69) is 5.92 Å². The van der Waals surface area contributed by atoms with Gasteiger partial charge in [0, 0.05) is 5.41 Å². The van der Waals surface area contributed by atoms with Crippen LogP contribution in [-0.4, -0.2) is 18.8 Å². The summed E-state index contributed by atoms with van der Waals surface area (Å²) in [5, 5.41) is 1.81. The lowest BCUT2D eigenvalue weighted by atomic mass is 10.6. The summed E-state index contributed by atoms with van der Waals surface area (Å²) in [7, 11) is 3.81. The predicted molar refractivity (Wildman–Crippen MR) is 53.6 cm³/mol. The zero-order chi connectivity index (χ0) is 8.48. The van der Waals surface area contributed by atoms with E-state index in [0.717, 1.165) is 0 Å². The molecule has 0 fully saturated rings. The quantitative estimate of drug-likeness (QED) is 0.479. The second kappa shape index (κ2) is 3.20. The molecule has 2 nitrogen and oxygen atoms in total. The zero-order valence-electron chi connectivity index (χ0n) is 6.27. The number of hydrogen-bond acceptors (Lipinski definition) is 3. The Labute approximate surface area is 75.9 Å². The highest BCUT2D eigenvalue weighted by Gasteiger charge is 2.28. The van der Waals surface area contributed by atoms with Gasteiger partial charge in [-0.15, -0.1) is 6.42 Å². The second-order valence-electron chi connectivity index (χ2n) is 2.14. The van der Waals surface area contributed by atoms with Crippen LogP contribution < -0.4 is 0 Å². The van der Waals surface area contributed by atoms with Crippen molar-refractivity contribution < 1.29 is 4.52 Å². The summed E-state index contributed by atoms with van der Waals surface area (Å²) in [5.41, 5.74) is -1.87. The molecule has 0 N–H and O–H groups in total. The molecule has 1 heterocycles. The van der Waals surface area contributed by atoms with Gasteiger partial charge >= 0.3 is 0 Å². The smallest absolute Gasteiger partial charge is 0.241 e. The average molecular weight is 205 g/mol. The van der Waals surface area contributed by atoms with Crippen LogP contribution in [0.2, 0.25) is 0 Å². The molecule has 0 amide bonds. The van der Waals surface area contributed by atoms with Gasteiger partial charge in [-0.2, -0.15) is 0 Å². The largest absolute Gasteiger partial charge is 0.435 e. The molecular weight excluding hydrogens is 197 g/mol. The molecule has 0 saturated heterocycles. The van der Waals surface area contributed by atoms with Crippen molar-refractivity contribution in [3.05, 3.63) is 11.2 Å². The molecule has 1 aliphatic heterocycles. The lowest BCUT2D eigenvalue weighted by Gasteiger charge is -2.21. The number of nitrogens with zero attached hydrogens (tertiary/aromatic N) is 1. The van der Waals surface area contributed by atoms with Gasteiger partial charge in [0.25, 0.3) is 0 Å². The summed E-state index contributed by atoms with van der Waals surface area (Å²) >= 11 is 6.77. The Morgan fingerprint density at radius 2 is 2.45 bits per heavy atom. The number of terminal acetylenes is 1. The number of hydrogen-bond donors (Lipinski definition) is 0. The first-order valence-corrected chi connectivity index (χ1v) is 7.07. The van der Waals surface area contributed by atoms with Crippen LogP contribution in [0.5, 0.6) is 0 Å². The summed E-state index contributed by atoms with van der Waals surface area (Å²) in [5.74, 6) is 2.99. The molecule has 0 aromatic carbocycles. The van der Waals surface area contributed by atoms with Crippen molar-refractivity contribution in [1.29, 1.82) is 0 Å². The molecule has 5 heteroatoms. The molecule has 0 radical (unpaired) electrons. The van der Waals surface area contributed by atoms with Crippen LogP contribution in [0, 0.1) is 12.3 Å². The Morgan fingerprint density at radius 3 is 2.73 bits per heavy atom. The fraction of sp³-hybridized carbons (Fsp3) is 0.333. The Kier molecular flexibility index (Phi) is 2.66. The van der Waals surface area contributed by atoms with Crippen molar-refractivity contribution >= 4 is 28.8 Å². The lowest BCUT2D eigenvalue weighted by Crippen LogP contribution is -2.04. The fourth-order valence-corrected chi connectivity index (χ4v) is 3.93. The van der Waals surface area contributed by atoms with Crippen molar-refractivity contribution in [3.63, 3.8) is 0 Å². The minimum Gasteiger partial charge on any atom is -0.435 e. The fourth-order valence-electron chi connectivity index (χ4n) is 0.518. The lowest BCUT2D eigenvalue weighted by molar-refractivity contribution is 0.467. The average Bonchev–Trinajstić information content (AvgIpc) is 2.33. The molecule has 1 unspecified atom stereocenters. The number of allylic oxidation sites excluding steroid dienone is 1. The first kappa shape index (κ1) is 9.15. The maximum absolute atomic E-state index is 5.40. The van der Waals surface area contributed by atoms with Crippen LogP contribution in [0.1, 0.15) is 0 Å². The maximum atomic E-state index is 5.40. The van der Waals surface area contributed by atoms with Gasteiger partial charge in [-0.3, -0.25) is 0 Å². The molecule has 1 rings (SSSR count). The normalized spacial score (nSPS) is 29.5. The van der Waals surface area contributed by atoms with Crippen molar-refractivity contribution in [2.75, 3.05) is 14.1 Å². The van der Waals surface area contributed by atoms with Crippen LogP contribution in [-0.2, 0) is 16.3 Å². The highest BCUT2D eigenvalue weighted by molar-refractivity contribution is 8.70. The molecule has 1 atom stereocenters. The van der Waals surface area contributed by atoms with Crippen LogP contribution in [0.25, 0.3) is 0 Å². The predicted octanol–water partition coefficient (Wildman–Crippen LogP) is 2.01. The Balaban J connectivity index is 2.75. The third kappa shape index (κ3) is 1.80. The van der Waals surface area contributed by atoms with Crippen molar-refractivity contribution in [2.45, 2.75) is 0 Å². The number of rotatable bonds is 1. The van der Waals surface area contributed by atoms with E-state index in [1.54, 1.807) is 5.41 Å². The van der Waals surface area contributed by atoms with E-state index < -0.39 is 5.62 Å². The van der Waals surface area contributed by atoms with Gasteiger partial charge in [-0.1, -0.05) is 0 Å². The monoisotopic (exact) mass is 205 g/mol. The molecule has 0 spiro atoms. The molecule has 1 aliphatic rings. The minimum absolute atomic E-state index is 0.562. The molecule has 0 aromatic heterocycles. The molecular formula is C6H8NOPS2. The van der Waals surface area contributed by atoms with E-state index in [-0.39, 0.29) is 0 Å². The van der Waals surface area contributed by atoms with E-state index in [0.29, 0.717) is 5.76 Å². The summed E-state index contributed by atoms with van der Waals surface area (Å²) in [4.78, 5) is 0. The van der Waals surface area contributed by atoms with E-state index in [9.17, 15) is 0 Å². The Hall–Kier alpha value is 0.0600. The third-order valence-corrected chi connectivity index (χ3v) is 7.43. The highest BCUT2D eigenvalue weighted by Crippen LogP contribution is 2.67. The van der Waals surface area contributed by atoms with Gasteiger partial charge in [0.15, 0.2) is 5.76 Å². The van der Waals surface area contributed by atoms with Crippen LogP contribution in [0.15, 0.2) is 11.2 Å². The Morgan fingerprint density at radius 1 is 1.82 bits per heavy atom. The molecule has 60 valence electrons. The summed E-state index contributed by atoms with van der Waals surface area (Å²) in [6.45, 7) is 0. The molecule has 0 bridgehead atoms.